The molecule has 6 heteroatoms. The standard InChI is InChI=1S/C48H66N6/c1-13-25-26(14-2)38-40-29(17-5)30(18-6)43(51-40)44-33(21-9)34(22-10)47(53-44)48-36(24-12)35(23-11)46(54-48)45-32(20-8)31(19-7)42(52-45)41-28(16-4)27(15-3)39(50-41)37(25)49-38/h37,50-54H,13-24H2,1-12H3. The molecule has 0 radical (unpaired) electrons. The molecular weight excluding hydrogens is 661 g/mol. The van der Waals surface area contributed by atoms with Crippen molar-refractivity contribution in [3.05, 3.63) is 78.2 Å². The summed E-state index contributed by atoms with van der Waals surface area (Å²) in [5.74, 6) is 0. The number of hydrogen-bond acceptors (Lipinski definition) is 1. The van der Waals surface area contributed by atoms with Gasteiger partial charge in [-0.05, 0) is 144 Å². The Labute approximate surface area is 324 Å². The average Bonchev–Trinajstić information content (AvgIpc) is 4.03. The van der Waals surface area contributed by atoms with Crippen LogP contribution in [0.2, 0.25) is 0 Å². The highest BCUT2D eigenvalue weighted by atomic mass is 15.0. The van der Waals surface area contributed by atoms with E-state index in [-0.39, 0.29) is 6.04 Å². The van der Waals surface area contributed by atoms with E-state index in [4.69, 9.17) is 4.99 Å². The fraction of sp³-hybridized carbons (Fsp3) is 0.521. The van der Waals surface area contributed by atoms with Crippen molar-refractivity contribution in [1.82, 2.24) is 24.9 Å². The van der Waals surface area contributed by atoms with Gasteiger partial charge in [-0.1, -0.05) is 83.1 Å². The lowest BCUT2D eigenvalue weighted by atomic mass is 9.91. The molecule has 0 aliphatic carbocycles. The molecule has 0 aromatic carbocycles. The van der Waals surface area contributed by atoms with Crippen molar-refractivity contribution in [3.8, 4) is 45.6 Å². The largest absolute Gasteiger partial charge is 0.355 e. The molecule has 0 spiro atoms. The van der Waals surface area contributed by atoms with Crippen LogP contribution in [0.1, 0.15) is 169 Å². The smallest absolute Gasteiger partial charge is 0.112 e. The Hall–Kier alpha value is -4.19. The summed E-state index contributed by atoms with van der Waals surface area (Å²) in [5.41, 5.74) is 31.0. The van der Waals surface area contributed by atoms with Crippen LogP contribution in [0.15, 0.2) is 16.1 Å². The molecule has 1 unspecified atom stereocenters. The number of hydrogen-bond donors (Lipinski definition) is 5. The Bertz CT molecular complexity index is 2260. The second-order valence-electron chi connectivity index (χ2n) is 15.3. The van der Waals surface area contributed by atoms with Gasteiger partial charge in [0.25, 0.3) is 0 Å². The summed E-state index contributed by atoms with van der Waals surface area (Å²) in [4.78, 5) is 26.5. The fourth-order valence-corrected chi connectivity index (χ4v) is 10.8. The maximum absolute atomic E-state index is 5.82. The van der Waals surface area contributed by atoms with Gasteiger partial charge in [0.2, 0.25) is 0 Å². The summed E-state index contributed by atoms with van der Waals surface area (Å²) >= 11 is 0. The van der Waals surface area contributed by atoms with E-state index in [2.05, 4.69) is 108 Å². The second kappa shape index (κ2) is 15.2. The van der Waals surface area contributed by atoms with Gasteiger partial charge in [-0.3, -0.25) is 4.99 Å². The van der Waals surface area contributed by atoms with Gasteiger partial charge in [0.05, 0.1) is 57.0 Å². The molecule has 0 saturated heterocycles. The molecule has 5 N–H and O–H groups in total. The van der Waals surface area contributed by atoms with Crippen molar-refractivity contribution in [1.29, 1.82) is 0 Å². The highest BCUT2D eigenvalue weighted by Gasteiger charge is 2.36. The second-order valence-corrected chi connectivity index (χ2v) is 15.3. The maximum atomic E-state index is 5.82. The van der Waals surface area contributed by atoms with E-state index in [1.807, 2.05) is 0 Å². The molecule has 7 heterocycles. The van der Waals surface area contributed by atoms with E-state index in [0.29, 0.717) is 0 Å². The predicted molar refractivity (Wildman–Crippen MR) is 231 cm³/mol. The number of aromatic nitrogens is 5. The molecule has 5 aromatic heterocycles. The molecule has 2 aliphatic heterocycles. The van der Waals surface area contributed by atoms with E-state index < -0.39 is 0 Å². The minimum absolute atomic E-state index is 0.0146. The summed E-state index contributed by atoms with van der Waals surface area (Å²) in [6, 6.07) is -0.0146. The number of nitrogens with one attached hydrogen (secondary N) is 5. The zero-order chi connectivity index (χ0) is 38.6. The van der Waals surface area contributed by atoms with Crippen molar-refractivity contribution in [3.63, 3.8) is 0 Å². The Balaban J connectivity index is 1.69. The molecule has 6 nitrogen and oxygen atoms in total. The van der Waals surface area contributed by atoms with E-state index in [1.165, 1.54) is 129 Å². The van der Waals surface area contributed by atoms with Crippen LogP contribution in [0.25, 0.3) is 45.6 Å². The lowest BCUT2D eigenvalue weighted by Gasteiger charge is -2.14. The molecule has 0 amide bonds. The Morgan fingerprint density at radius 1 is 0.315 bits per heavy atom. The Morgan fingerprint density at radius 3 is 0.889 bits per heavy atom. The highest BCUT2D eigenvalue weighted by molar-refractivity contribution is 6.15. The number of nitrogens with zero attached hydrogens (tertiary/aromatic N) is 1. The van der Waals surface area contributed by atoms with Crippen LogP contribution in [0.3, 0.4) is 0 Å². The minimum atomic E-state index is -0.0146. The van der Waals surface area contributed by atoms with Crippen molar-refractivity contribution in [2.45, 2.75) is 166 Å². The molecule has 0 fully saturated rings. The van der Waals surface area contributed by atoms with Crippen LogP contribution in [-0.2, 0) is 64.2 Å². The zero-order valence-electron chi connectivity index (χ0n) is 35.5. The third-order valence-electron chi connectivity index (χ3n) is 13.2. The van der Waals surface area contributed by atoms with E-state index in [9.17, 15) is 0 Å². The van der Waals surface area contributed by atoms with Crippen LogP contribution in [0, 0.1) is 0 Å². The number of aromatic amines is 5. The molecule has 0 saturated carbocycles. The first-order chi connectivity index (χ1) is 26.3. The van der Waals surface area contributed by atoms with Crippen molar-refractivity contribution in [2.75, 3.05) is 0 Å². The van der Waals surface area contributed by atoms with Crippen molar-refractivity contribution >= 4 is 5.71 Å². The fourth-order valence-electron chi connectivity index (χ4n) is 10.8. The Morgan fingerprint density at radius 2 is 0.593 bits per heavy atom. The summed E-state index contributed by atoms with van der Waals surface area (Å²) < 4.78 is 0. The van der Waals surface area contributed by atoms with Gasteiger partial charge in [-0.2, -0.15) is 0 Å². The van der Waals surface area contributed by atoms with Gasteiger partial charge in [0.15, 0.2) is 0 Å². The van der Waals surface area contributed by atoms with Gasteiger partial charge >= 0.3 is 0 Å². The van der Waals surface area contributed by atoms with Gasteiger partial charge in [-0.15, -0.1) is 0 Å². The first-order valence-corrected chi connectivity index (χ1v) is 21.8. The quantitative estimate of drug-likeness (QED) is 0.0847. The molecule has 2 aliphatic rings. The number of allylic oxidation sites excluding steroid dienone is 1. The predicted octanol–water partition coefficient (Wildman–Crippen LogP) is 12.6. The molecule has 54 heavy (non-hydrogen) atoms. The molecule has 7 rings (SSSR count). The normalized spacial score (nSPS) is 15.0. The van der Waals surface area contributed by atoms with Crippen LogP contribution in [-0.4, -0.2) is 30.6 Å². The van der Waals surface area contributed by atoms with Crippen molar-refractivity contribution in [2.24, 2.45) is 4.99 Å². The van der Waals surface area contributed by atoms with E-state index in [0.717, 1.165) is 77.0 Å². The summed E-state index contributed by atoms with van der Waals surface area (Å²) in [7, 11) is 0. The molecule has 288 valence electrons. The van der Waals surface area contributed by atoms with Crippen LogP contribution in [0.4, 0.5) is 0 Å². The van der Waals surface area contributed by atoms with Gasteiger partial charge in [0.1, 0.15) is 6.04 Å². The SMILES string of the molecule is CCC1=C(CC)C2N=C1c1[nH]c(c(CC)c1CC)-c1[nH]c(c(CC)c1CC)-c1[nH]c(c(CC)c1CC)-c1[nH]c(c(CC)c1CC)-c1[nH]c2c(CC)c1CC. The summed E-state index contributed by atoms with van der Waals surface area (Å²) in [5, 5.41) is 0. The molecular formula is C48H66N6. The lowest BCUT2D eigenvalue weighted by molar-refractivity contribution is 0.777. The number of aliphatic imine (C=N–C) groups is 1. The van der Waals surface area contributed by atoms with Gasteiger partial charge in [-0.25, -0.2) is 0 Å². The number of fused-ring (bicyclic) bond motifs is 17. The monoisotopic (exact) mass is 727 g/mol. The zero-order valence-corrected chi connectivity index (χ0v) is 35.5. The highest BCUT2D eigenvalue weighted by Crippen LogP contribution is 2.48. The third kappa shape index (κ3) is 5.36. The van der Waals surface area contributed by atoms with Gasteiger partial charge in [0, 0.05) is 5.69 Å². The number of rotatable bonds is 12. The maximum Gasteiger partial charge on any atom is 0.112 e. The first-order valence-electron chi connectivity index (χ1n) is 21.8. The Kier molecular flexibility index (Phi) is 10.7. The van der Waals surface area contributed by atoms with Crippen LogP contribution < -0.4 is 0 Å². The molecule has 5 aromatic rings. The molecule has 12 bridgehead atoms. The van der Waals surface area contributed by atoms with E-state index >= 15 is 0 Å². The minimum Gasteiger partial charge on any atom is -0.355 e. The van der Waals surface area contributed by atoms with E-state index in [1.54, 1.807) is 0 Å². The summed E-state index contributed by atoms with van der Waals surface area (Å²) in [6.07, 6.45) is 11.7. The third-order valence-corrected chi connectivity index (χ3v) is 13.2. The van der Waals surface area contributed by atoms with Gasteiger partial charge < -0.3 is 24.9 Å². The van der Waals surface area contributed by atoms with Crippen LogP contribution >= 0.6 is 0 Å². The molecule has 1 atom stereocenters. The average molecular weight is 727 g/mol. The van der Waals surface area contributed by atoms with Crippen molar-refractivity contribution < 1.29 is 0 Å². The van der Waals surface area contributed by atoms with Crippen LogP contribution in [0.5, 0.6) is 0 Å². The first kappa shape index (κ1) is 38.1. The summed E-state index contributed by atoms with van der Waals surface area (Å²) in [6.45, 7) is 28.0. The lowest BCUT2D eigenvalue weighted by Crippen LogP contribution is -2.06. The topological polar surface area (TPSA) is 91.3 Å². The number of H-pyrrole nitrogens is 5.